The number of hydrogen-bond acceptors (Lipinski definition) is 2. The van der Waals surface area contributed by atoms with Gasteiger partial charge in [0, 0.05) is 13.2 Å². The molecule has 0 atom stereocenters. The molecule has 0 aliphatic carbocycles. The first-order valence-corrected chi connectivity index (χ1v) is 4.89. The van der Waals surface area contributed by atoms with E-state index in [1.54, 1.807) is 26.1 Å². The van der Waals surface area contributed by atoms with Crippen LogP contribution in [0.2, 0.25) is 0 Å². The van der Waals surface area contributed by atoms with Gasteiger partial charge >= 0.3 is 12.2 Å². The van der Waals surface area contributed by atoms with Crippen molar-refractivity contribution >= 4 is 6.03 Å². The molecule has 2 amide bonds. The Bertz CT molecular complexity index is 229. The Morgan fingerprint density at radius 2 is 1.69 bits per heavy atom. The first-order valence-electron chi connectivity index (χ1n) is 4.89. The Balaban J connectivity index is 3.81. The second-order valence-electron chi connectivity index (χ2n) is 3.84. The van der Waals surface area contributed by atoms with E-state index < -0.39 is 24.4 Å². The molecule has 0 fully saturated rings. The van der Waals surface area contributed by atoms with E-state index in [1.165, 1.54) is 0 Å². The predicted molar refractivity (Wildman–Crippen MR) is 53.2 cm³/mol. The fourth-order valence-corrected chi connectivity index (χ4v) is 0.978. The summed E-state index contributed by atoms with van der Waals surface area (Å²) < 4.78 is 40.5. The number of rotatable bonds is 5. The highest BCUT2D eigenvalue weighted by Gasteiger charge is 2.28. The lowest BCUT2D eigenvalue weighted by Crippen LogP contribution is -2.46. The minimum Gasteiger partial charge on any atom is -0.374 e. The molecule has 0 rings (SSSR count). The summed E-state index contributed by atoms with van der Waals surface area (Å²) in [6, 6.07) is -0.856. The SMILES string of the molecule is CCOC(C)(C)CNC(=O)NCC(F)(F)F. The summed E-state index contributed by atoms with van der Waals surface area (Å²) >= 11 is 0. The van der Waals surface area contributed by atoms with Crippen molar-refractivity contribution in [1.29, 1.82) is 0 Å². The number of halogens is 3. The zero-order valence-corrected chi connectivity index (χ0v) is 9.57. The molecular weight excluding hydrogens is 225 g/mol. The van der Waals surface area contributed by atoms with Crippen molar-refractivity contribution in [3.8, 4) is 0 Å². The van der Waals surface area contributed by atoms with Crippen LogP contribution in [0.3, 0.4) is 0 Å². The smallest absolute Gasteiger partial charge is 0.374 e. The Morgan fingerprint density at radius 3 is 2.12 bits per heavy atom. The Morgan fingerprint density at radius 1 is 1.19 bits per heavy atom. The van der Waals surface area contributed by atoms with Crippen molar-refractivity contribution in [3.63, 3.8) is 0 Å². The molecule has 0 aliphatic heterocycles. The van der Waals surface area contributed by atoms with Crippen LogP contribution in [0.15, 0.2) is 0 Å². The largest absolute Gasteiger partial charge is 0.405 e. The summed E-state index contributed by atoms with van der Waals surface area (Å²) in [5.74, 6) is 0. The normalized spacial score (nSPS) is 12.4. The molecular formula is C9H17F3N2O2. The van der Waals surface area contributed by atoms with E-state index in [4.69, 9.17) is 4.74 Å². The quantitative estimate of drug-likeness (QED) is 0.770. The molecule has 16 heavy (non-hydrogen) atoms. The standard InChI is InChI=1S/C9H17F3N2O2/c1-4-16-8(2,3)5-13-7(15)14-6-9(10,11)12/h4-6H2,1-3H3,(H2,13,14,15). The third kappa shape index (κ3) is 8.34. The molecule has 7 heteroatoms. The summed E-state index contributed by atoms with van der Waals surface area (Å²) in [6.45, 7) is 4.55. The predicted octanol–water partition coefficient (Wildman–Crippen LogP) is 1.66. The van der Waals surface area contributed by atoms with Gasteiger partial charge in [-0.2, -0.15) is 13.2 Å². The van der Waals surface area contributed by atoms with Crippen LogP contribution in [-0.4, -0.2) is 37.5 Å². The van der Waals surface area contributed by atoms with Gasteiger partial charge < -0.3 is 15.4 Å². The number of amides is 2. The van der Waals surface area contributed by atoms with Crippen LogP contribution in [0.25, 0.3) is 0 Å². The molecule has 0 aromatic rings. The molecule has 0 saturated carbocycles. The summed E-state index contributed by atoms with van der Waals surface area (Å²) in [5.41, 5.74) is -0.593. The fraction of sp³-hybridized carbons (Fsp3) is 0.889. The van der Waals surface area contributed by atoms with Gasteiger partial charge in [0.15, 0.2) is 0 Å². The highest BCUT2D eigenvalue weighted by atomic mass is 19.4. The van der Waals surface area contributed by atoms with Crippen LogP contribution in [0.5, 0.6) is 0 Å². The van der Waals surface area contributed by atoms with E-state index in [9.17, 15) is 18.0 Å². The van der Waals surface area contributed by atoms with Crippen LogP contribution in [0.1, 0.15) is 20.8 Å². The number of carbonyl (C=O) groups excluding carboxylic acids is 1. The van der Waals surface area contributed by atoms with Crippen LogP contribution >= 0.6 is 0 Å². The molecule has 2 N–H and O–H groups in total. The number of alkyl halides is 3. The Labute approximate surface area is 92.5 Å². The lowest BCUT2D eigenvalue weighted by atomic mass is 10.1. The minimum atomic E-state index is -4.40. The maximum Gasteiger partial charge on any atom is 0.405 e. The lowest BCUT2D eigenvalue weighted by Gasteiger charge is -2.24. The average molecular weight is 242 g/mol. The fourth-order valence-electron chi connectivity index (χ4n) is 0.978. The minimum absolute atomic E-state index is 0.143. The van der Waals surface area contributed by atoms with Gasteiger partial charge in [-0.15, -0.1) is 0 Å². The van der Waals surface area contributed by atoms with Crippen molar-refractivity contribution < 1.29 is 22.7 Å². The first kappa shape index (κ1) is 15.0. The van der Waals surface area contributed by atoms with Gasteiger partial charge in [0.05, 0.1) is 5.60 Å². The second-order valence-corrected chi connectivity index (χ2v) is 3.84. The summed E-state index contributed by atoms with van der Waals surface area (Å²) in [5, 5.41) is 4.01. The van der Waals surface area contributed by atoms with E-state index in [2.05, 4.69) is 5.32 Å². The maximum absolute atomic E-state index is 11.7. The molecule has 4 nitrogen and oxygen atoms in total. The van der Waals surface area contributed by atoms with Gasteiger partial charge in [0.2, 0.25) is 0 Å². The molecule has 0 aromatic carbocycles. The molecule has 0 saturated heterocycles. The topological polar surface area (TPSA) is 50.4 Å². The van der Waals surface area contributed by atoms with E-state index >= 15 is 0 Å². The second kappa shape index (κ2) is 5.93. The molecule has 0 unspecified atom stereocenters. The summed E-state index contributed by atoms with van der Waals surface area (Å²) in [7, 11) is 0. The number of urea groups is 1. The average Bonchev–Trinajstić information content (AvgIpc) is 2.10. The van der Waals surface area contributed by atoms with Gasteiger partial charge in [-0.1, -0.05) is 0 Å². The van der Waals surface area contributed by atoms with E-state index in [0.717, 1.165) is 0 Å². The third-order valence-electron chi connectivity index (χ3n) is 1.66. The number of nitrogens with one attached hydrogen (secondary N) is 2. The van der Waals surface area contributed by atoms with Crippen LogP contribution in [0.4, 0.5) is 18.0 Å². The number of carbonyl (C=O) groups is 1. The van der Waals surface area contributed by atoms with Gasteiger partial charge in [0.1, 0.15) is 6.54 Å². The van der Waals surface area contributed by atoms with E-state index in [-0.39, 0.29) is 6.54 Å². The highest BCUT2D eigenvalue weighted by molar-refractivity contribution is 5.73. The molecule has 96 valence electrons. The number of ether oxygens (including phenoxy) is 1. The molecule has 0 aliphatic rings. The molecule has 0 radical (unpaired) electrons. The van der Waals surface area contributed by atoms with Crippen LogP contribution < -0.4 is 10.6 Å². The van der Waals surface area contributed by atoms with Crippen molar-refractivity contribution in [2.45, 2.75) is 32.5 Å². The monoisotopic (exact) mass is 242 g/mol. The maximum atomic E-state index is 11.7. The van der Waals surface area contributed by atoms with Crippen LogP contribution in [0, 0.1) is 0 Å². The van der Waals surface area contributed by atoms with Gasteiger partial charge in [0.25, 0.3) is 0 Å². The molecule has 0 aromatic heterocycles. The molecule has 0 heterocycles. The van der Waals surface area contributed by atoms with Crippen molar-refractivity contribution in [2.24, 2.45) is 0 Å². The molecule has 0 bridgehead atoms. The summed E-state index contributed by atoms with van der Waals surface area (Å²) in [4.78, 5) is 11.0. The van der Waals surface area contributed by atoms with Crippen molar-refractivity contribution in [2.75, 3.05) is 19.7 Å². The van der Waals surface area contributed by atoms with Gasteiger partial charge in [-0.25, -0.2) is 4.79 Å². The summed E-state index contributed by atoms with van der Waals surface area (Å²) in [6.07, 6.45) is -4.40. The molecule has 0 spiro atoms. The van der Waals surface area contributed by atoms with E-state index in [1.807, 2.05) is 0 Å². The van der Waals surface area contributed by atoms with E-state index in [0.29, 0.717) is 6.61 Å². The zero-order valence-electron chi connectivity index (χ0n) is 9.57. The van der Waals surface area contributed by atoms with Gasteiger partial charge in [-0.3, -0.25) is 0 Å². The lowest BCUT2D eigenvalue weighted by molar-refractivity contribution is -0.122. The Kier molecular flexibility index (Phi) is 5.57. The van der Waals surface area contributed by atoms with Crippen molar-refractivity contribution in [1.82, 2.24) is 10.6 Å². The highest BCUT2D eigenvalue weighted by Crippen LogP contribution is 2.12. The Hall–Kier alpha value is -0.980. The zero-order chi connectivity index (χ0) is 12.8. The van der Waals surface area contributed by atoms with Crippen molar-refractivity contribution in [3.05, 3.63) is 0 Å². The van der Waals surface area contributed by atoms with Crippen LogP contribution in [-0.2, 0) is 4.74 Å². The van der Waals surface area contributed by atoms with Gasteiger partial charge in [-0.05, 0) is 20.8 Å². The number of hydrogen-bond donors (Lipinski definition) is 2. The third-order valence-corrected chi connectivity index (χ3v) is 1.66. The first-order chi connectivity index (χ1) is 7.16.